The normalized spacial score (nSPS) is 20.8. The third-order valence-electron chi connectivity index (χ3n) is 3.13. The third kappa shape index (κ3) is 2.62. The average Bonchev–Trinajstić information content (AvgIpc) is 2.35. The molecule has 1 amide bonds. The topological polar surface area (TPSA) is 45.2 Å². The number of aromatic nitrogens is 1. The fraction of sp³-hybridized carbons (Fsp3) is 0.500. The minimum atomic E-state index is -0.500. The van der Waals surface area contributed by atoms with Crippen molar-refractivity contribution in [1.29, 1.82) is 0 Å². The van der Waals surface area contributed by atoms with Crippen LogP contribution in [0.1, 0.15) is 18.9 Å². The predicted molar refractivity (Wildman–Crippen MR) is 66.7 cm³/mol. The Bertz CT molecular complexity index is 455. The Hall–Kier alpha value is -1.20. The molecule has 0 radical (unpaired) electrons. The molecule has 0 spiro atoms. The SMILES string of the molecule is CCC1C(=O)NCCN1Cc1ccnc(Cl)c1F. The molecule has 1 fully saturated rings. The van der Waals surface area contributed by atoms with E-state index in [9.17, 15) is 9.18 Å². The predicted octanol–water partition coefficient (Wildman–Crippen LogP) is 1.58. The van der Waals surface area contributed by atoms with Crippen LogP contribution in [0.5, 0.6) is 0 Å². The summed E-state index contributed by atoms with van der Waals surface area (Å²) in [6.45, 7) is 3.62. The second kappa shape index (κ2) is 5.63. The van der Waals surface area contributed by atoms with Crippen molar-refractivity contribution in [3.8, 4) is 0 Å². The van der Waals surface area contributed by atoms with Crippen molar-refractivity contribution in [2.45, 2.75) is 25.9 Å². The monoisotopic (exact) mass is 271 g/mol. The molecule has 1 unspecified atom stereocenters. The number of hydrogen-bond acceptors (Lipinski definition) is 3. The number of pyridine rings is 1. The van der Waals surface area contributed by atoms with E-state index in [1.54, 1.807) is 6.07 Å². The van der Waals surface area contributed by atoms with Crippen LogP contribution in [0.4, 0.5) is 4.39 Å². The van der Waals surface area contributed by atoms with Crippen molar-refractivity contribution in [2.75, 3.05) is 13.1 Å². The van der Waals surface area contributed by atoms with Crippen LogP contribution in [0, 0.1) is 5.82 Å². The lowest BCUT2D eigenvalue weighted by Gasteiger charge is -2.34. The largest absolute Gasteiger partial charge is 0.353 e. The summed E-state index contributed by atoms with van der Waals surface area (Å²) in [6.07, 6.45) is 2.18. The molecular weight excluding hydrogens is 257 g/mol. The van der Waals surface area contributed by atoms with Gasteiger partial charge in [-0.15, -0.1) is 0 Å². The number of nitrogens with zero attached hydrogens (tertiary/aromatic N) is 2. The van der Waals surface area contributed by atoms with Gasteiger partial charge in [-0.25, -0.2) is 9.37 Å². The Kier molecular flexibility index (Phi) is 4.14. The number of rotatable bonds is 3. The summed E-state index contributed by atoms with van der Waals surface area (Å²) in [5.74, 6) is -0.496. The highest BCUT2D eigenvalue weighted by atomic mass is 35.5. The molecule has 1 N–H and O–H groups in total. The van der Waals surface area contributed by atoms with Gasteiger partial charge in [0.15, 0.2) is 11.0 Å². The van der Waals surface area contributed by atoms with E-state index < -0.39 is 5.82 Å². The zero-order valence-electron chi connectivity index (χ0n) is 10.1. The van der Waals surface area contributed by atoms with Crippen molar-refractivity contribution in [1.82, 2.24) is 15.2 Å². The standard InChI is InChI=1S/C12H15ClFN3O/c1-2-9-12(18)16-5-6-17(9)7-8-3-4-15-11(13)10(8)14/h3-4,9H,2,5-7H2,1H3,(H,16,18). The van der Waals surface area contributed by atoms with Crippen LogP contribution in [0.3, 0.4) is 0 Å². The minimum absolute atomic E-state index is 0.00399. The van der Waals surface area contributed by atoms with Crippen molar-refractivity contribution >= 4 is 17.5 Å². The van der Waals surface area contributed by atoms with Gasteiger partial charge in [-0.2, -0.15) is 0 Å². The molecule has 6 heteroatoms. The van der Waals surface area contributed by atoms with Crippen LogP contribution >= 0.6 is 11.6 Å². The van der Waals surface area contributed by atoms with Gasteiger partial charge in [0.25, 0.3) is 0 Å². The lowest BCUT2D eigenvalue weighted by atomic mass is 10.1. The third-order valence-corrected chi connectivity index (χ3v) is 3.39. The number of halogens is 2. The molecule has 1 saturated heterocycles. The molecule has 1 atom stereocenters. The second-order valence-corrected chi connectivity index (χ2v) is 4.62. The van der Waals surface area contributed by atoms with Crippen molar-refractivity contribution in [3.63, 3.8) is 0 Å². The Morgan fingerprint density at radius 2 is 2.44 bits per heavy atom. The van der Waals surface area contributed by atoms with Crippen LogP contribution in [0.2, 0.25) is 5.15 Å². The van der Waals surface area contributed by atoms with Gasteiger partial charge in [-0.05, 0) is 12.5 Å². The first-order valence-corrected chi connectivity index (χ1v) is 6.32. The van der Waals surface area contributed by atoms with E-state index >= 15 is 0 Å². The van der Waals surface area contributed by atoms with Crippen LogP contribution in [0.15, 0.2) is 12.3 Å². The van der Waals surface area contributed by atoms with E-state index in [0.29, 0.717) is 31.6 Å². The first kappa shape index (κ1) is 13.2. The van der Waals surface area contributed by atoms with Gasteiger partial charge in [0.1, 0.15) is 0 Å². The fourth-order valence-corrected chi connectivity index (χ4v) is 2.37. The van der Waals surface area contributed by atoms with Gasteiger partial charge < -0.3 is 5.32 Å². The summed E-state index contributed by atoms with van der Waals surface area (Å²) < 4.78 is 13.8. The van der Waals surface area contributed by atoms with Gasteiger partial charge in [0.05, 0.1) is 6.04 Å². The van der Waals surface area contributed by atoms with E-state index in [2.05, 4.69) is 10.3 Å². The Labute approximate surface area is 110 Å². The van der Waals surface area contributed by atoms with E-state index in [1.807, 2.05) is 11.8 Å². The maximum atomic E-state index is 13.8. The molecule has 2 rings (SSSR count). The first-order valence-electron chi connectivity index (χ1n) is 5.94. The quantitative estimate of drug-likeness (QED) is 0.849. The molecule has 0 bridgehead atoms. The molecule has 0 aromatic carbocycles. The Balaban J connectivity index is 2.17. The molecule has 4 nitrogen and oxygen atoms in total. The van der Waals surface area contributed by atoms with Crippen LogP contribution in [-0.4, -0.2) is 34.9 Å². The average molecular weight is 272 g/mol. The van der Waals surface area contributed by atoms with Crippen LogP contribution < -0.4 is 5.32 Å². The molecule has 1 aliphatic rings. The van der Waals surface area contributed by atoms with Crippen LogP contribution in [0.25, 0.3) is 0 Å². The van der Waals surface area contributed by atoms with E-state index in [-0.39, 0.29) is 17.1 Å². The highest BCUT2D eigenvalue weighted by Crippen LogP contribution is 2.19. The molecule has 98 valence electrons. The van der Waals surface area contributed by atoms with Crippen molar-refractivity contribution in [2.24, 2.45) is 0 Å². The van der Waals surface area contributed by atoms with Gasteiger partial charge in [0.2, 0.25) is 5.91 Å². The molecule has 1 aromatic heterocycles. The second-order valence-electron chi connectivity index (χ2n) is 4.26. The molecule has 2 heterocycles. The van der Waals surface area contributed by atoms with Gasteiger partial charge in [-0.3, -0.25) is 9.69 Å². The molecule has 0 saturated carbocycles. The molecule has 18 heavy (non-hydrogen) atoms. The maximum absolute atomic E-state index is 13.8. The Morgan fingerprint density at radius 3 is 3.17 bits per heavy atom. The number of piperazine rings is 1. The molecule has 1 aromatic rings. The lowest BCUT2D eigenvalue weighted by Crippen LogP contribution is -2.54. The summed E-state index contributed by atoms with van der Waals surface area (Å²) >= 11 is 5.65. The fourth-order valence-electron chi connectivity index (χ4n) is 2.19. The number of nitrogens with one attached hydrogen (secondary N) is 1. The zero-order chi connectivity index (χ0) is 13.1. The van der Waals surface area contributed by atoms with E-state index in [0.717, 1.165) is 0 Å². The lowest BCUT2D eigenvalue weighted by molar-refractivity contribution is -0.129. The summed E-state index contributed by atoms with van der Waals surface area (Å²) in [7, 11) is 0. The first-order chi connectivity index (χ1) is 8.63. The molecule has 1 aliphatic heterocycles. The minimum Gasteiger partial charge on any atom is -0.353 e. The summed E-state index contributed by atoms with van der Waals surface area (Å²) in [6, 6.07) is 1.39. The Morgan fingerprint density at radius 1 is 1.67 bits per heavy atom. The number of carbonyl (C=O) groups excluding carboxylic acids is 1. The number of carbonyl (C=O) groups is 1. The highest BCUT2D eigenvalue weighted by molar-refractivity contribution is 6.29. The van der Waals surface area contributed by atoms with Gasteiger partial charge in [-0.1, -0.05) is 18.5 Å². The van der Waals surface area contributed by atoms with Crippen molar-refractivity contribution in [3.05, 3.63) is 28.8 Å². The maximum Gasteiger partial charge on any atom is 0.237 e. The molecular formula is C12H15ClFN3O. The summed E-state index contributed by atoms with van der Waals surface area (Å²) in [5, 5.41) is 2.69. The molecule has 0 aliphatic carbocycles. The summed E-state index contributed by atoms with van der Waals surface area (Å²) in [5.41, 5.74) is 0.475. The van der Waals surface area contributed by atoms with Crippen LogP contribution in [-0.2, 0) is 11.3 Å². The highest BCUT2D eigenvalue weighted by Gasteiger charge is 2.28. The zero-order valence-corrected chi connectivity index (χ0v) is 10.9. The van der Waals surface area contributed by atoms with Gasteiger partial charge in [0, 0.05) is 31.4 Å². The van der Waals surface area contributed by atoms with E-state index in [4.69, 9.17) is 11.6 Å². The van der Waals surface area contributed by atoms with E-state index in [1.165, 1.54) is 6.20 Å². The van der Waals surface area contributed by atoms with Crippen molar-refractivity contribution < 1.29 is 9.18 Å². The smallest absolute Gasteiger partial charge is 0.237 e. The van der Waals surface area contributed by atoms with Gasteiger partial charge >= 0.3 is 0 Å². The number of amides is 1. The number of hydrogen-bond donors (Lipinski definition) is 1. The summed E-state index contributed by atoms with van der Waals surface area (Å²) in [4.78, 5) is 17.3.